The fourth-order valence-electron chi connectivity index (χ4n) is 2.78. The minimum absolute atomic E-state index is 0.0854. The topological polar surface area (TPSA) is 46.5 Å². The number of ether oxygens (including phenoxy) is 1. The molecule has 0 aromatic carbocycles. The number of aliphatic carboxylic acids is 1. The first-order valence-electron chi connectivity index (χ1n) is 5.30. The molecular weight excluding hydrogens is 225 g/mol. The van der Waals surface area contributed by atoms with Gasteiger partial charge in [-0.15, -0.1) is 0 Å². The van der Waals surface area contributed by atoms with E-state index in [-0.39, 0.29) is 18.8 Å². The number of halogens is 3. The van der Waals surface area contributed by atoms with E-state index in [1.165, 1.54) is 0 Å². The molecule has 4 atom stereocenters. The third-order valence-corrected chi connectivity index (χ3v) is 3.61. The Morgan fingerprint density at radius 3 is 2.56 bits per heavy atom. The molecule has 16 heavy (non-hydrogen) atoms. The number of hydrogen-bond acceptors (Lipinski definition) is 2. The van der Waals surface area contributed by atoms with Crippen LogP contribution in [0.2, 0.25) is 0 Å². The summed E-state index contributed by atoms with van der Waals surface area (Å²) in [4.78, 5) is 10.9. The van der Waals surface area contributed by atoms with Gasteiger partial charge in [-0.05, 0) is 19.3 Å². The van der Waals surface area contributed by atoms with E-state index in [0.717, 1.165) is 0 Å². The van der Waals surface area contributed by atoms with E-state index in [2.05, 4.69) is 0 Å². The highest BCUT2D eigenvalue weighted by molar-refractivity contribution is 5.70. The van der Waals surface area contributed by atoms with E-state index in [4.69, 9.17) is 9.84 Å². The van der Waals surface area contributed by atoms with Crippen molar-refractivity contribution < 1.29 is 27.8 Å². The molecule has 3 nitrogen and oxygen atoms in total. The van der Waals surface area contributed by atoms with Gasteiger partial charge in [0, 0.05) is 12.5 Å². The fraction of sp³-hybridized carbons (Fsp3) is 0.900. The second-order valence-electron chi connectivity index (χ2n) is 4.52. The van der Waals surface area contributed by atoms with Crippen molar-refractivity contribution >= 4 is 5.97 Å². The quantitative estimate of drug-likeness (QED) is 0.760. The summed E-state index contributed by atoms with van der Waals surface area (Å²) in [6, 6.07) is 0. The lowest BCUT2D eigenvalue weighted by Gasteiger charge is -2.36. The number of carboxylic acids is 1. The van der Waals surface area contributed by atoms with Gasteiger partial charge < -0.3 is 9.84 Å². The zero-order valence-corrected chi connectivity index (χ0v) is 8.54. The van der Waals surface area contributed by atoms with Crippen LogP contribution in [0.5, 0.6) is 0 Å². The van der Waals surface area contributed by atoms with Crippen molar-refractivity contribution in [2.75, 3.05) is 6.61 Å². The highest BCUT2D eigenvalue weighted by Gasteiger charge is 2.52. The smallest absolute Gasteiger partial charge is 0.391 e. The molecule has 0 bridgehead atoms. The van der Waals surface area contributed by atoms with Crippen LogP contribution in [-0.2, 0) is 9.53 Å². The summed E-state index contributed by atoms with van der Waals surface area (Å²) in [5.74, 6) is -3.81. The lowest BCUT2D eigenvalue weighted by Crippen LogP contribution is -2.42. The molecule has 1 aliphatic carbocycles. The first kappa shape index (κ1) is 11.7. The summed E-state index contributed by atoms with van der Waals surface area (Å²) in [5.41, 5.74) is 0. The number of rotatable bonds is 1. The third kappa shape index (κ3) is 2.03. The Bertz CT molecular complexity index is 290. The lowest BCUT2D eigenvalue weighted by atomic mass is 9.72. The number of carbonyl (C=O) groups is 1. The molecular formula is C10H13F3O3. The SMILES string of the molecule is O=C(O)[C@@H]1C[C@@H](C(F)(F)F)C[C@@H]2OCC[C@@H]21. The highest BCUT2D eigenvalue weighted by atomic mass is 19.4. The molecule has 2 fully saturated rings. The molecule has 0 amide bonds. The molecule has 1 saturated heterocycles. The molecule has 92 valence electrons. The van der Waals surface area contributed by atoms with Crippen molar-refractivity contribution in [1.82, 2.24) is 0 Å². The monoisotopic (exact) mass is 238 g/mol. The van der Waals surface area contributed by atoms with Crippen LogP contribution in [0.25, 0.3) is 0 Å². The van der Waals surface area contributed by atoms with E-state index in [0.29, 0.717) is 13.0 Å². The van der Waals surface area contributed by atoms with E-state index >= 15 is 0 Å². The second-order valence-corrected chi connectivity index (χ2v) is 4.52. The number of fused-ring (bicyclic) bond motifs is 1. The Balaban J connectivity index is 2.16. The van der Waals surface area contributed by atoms with Crippen molar-refractivity contribution in [3.8, 4) is 0 Å². The molecule has 1 N–H and O–H groups in total. The van der Waals surface area contributed by atoms with Crippen LogP contribution in [0.15, 0.2) is 0 Å². The molecule has 1 saturated carbocycles. The van der Waals surface area contributed by atoms with Gasteiger partial charge in [-0.1, -0.05) is 0 Å². The van der Waals surface area contributed by atoms with Gasteiger partial charge in [-0.2, -0.15) is 13.2 Å². The Morgan fingerprint density at radius 1 is 1.31 bits per heavy atom. The molecule has 1 aliphatic heterocycles. The van der Waals surface area contributed by atoms with Gasteiger partial charge >= 0.3 is 12.1 Å². The van der Waals surface area contributed by atoms with E-state index in [1.807, 2.05) is 0 Å². The molecule has 0 aromatic heterocycles. The summed E-state index contributed by atoms with van der Waals surface area (Å²) in [6.07, 6.45) is -4.67. The Hall–Kier alpha value is -0.780. The standard InChI is InChI=1S/C10H13F3O3/c11-10(12,13)5-3-7(9(14)15)6-1-2-16-8(6)4-5/h5-8H,1-4H2,(H,14,15)/t5-,6-,7-,8+/m1/s1. The second kappa shape index (κ2) is 3.91. The van der Waals surface area contributed by atoms with Crippen LogP contribution in [-0.4, -0.2) is 30.0 Å². The minimum Gasteiger partial charge on any atom is -0.481 e. The predicted molar refractivity (Wildman–Crippen MR) is 47.8 cm³/mol. The van der Waals surface area contributed by atoms with Gasteiger partial charge in [0.25, 0.3) is 0 Å². The molecule has 0 radical (unpaired) electrons. The molecule has 1 heterocycles. The van der Waals surface area contributed by atoms with Gasteiger partial charge in [-0.3, -0.25) is 4.79 Å². The maximum absolute atomic E-state index is 12.6. The lowest BCUT2D eigenvalue weighted by molar-refractivity contribution is -0.200. The predicted octanol–water partition coefficient (Wildman–Crippen LogP) is 2.06. The molecule has 6 heteroatoms. The minimum atomic E-state index is -4.31. The average Bonchev–Trinajstić information content (AvgIpc) is 2.61. The van der Waals surface area contributed by atoms with Crippen LogP contribution < -0.4 is 0 Å². The molecule has 2 aliphatic rings. The number of alkyl halides is 3. The zero-order valence-electron chi connectivity index (χ0n) is 8.54. The molecule has 2 rings (SSSR count). The normalized spacial score (nSPS) is 39.4. The number of carboxylic acid groups (broad SMARTS) is 1. The summed E-state index contributed by atoms with van der Waals surface area (Å²) in [7, 11) is 0. The maximum atomic E-state index is 12.6. The van der Waals surface area contributed by atoms with Gasteiger partial charge in [0.15, 0.2) is 0 Å². The van der Waals surface area contributed by atoms with Crippen molar-refractivity contribution in [3.63, 3.8) is 0 Å². The Morgan fingerprint density at radius 2 is 2.00 bits per heavy atom. The summed E-state index contributed by atoms with van der Waals surface area (Å²) in [5, 5.41) is 8.95. The van der Waals surface area contributed by atoms with Gasteiger partial charge in [-0.25, -0.2) is 0 Å². The van der Waals surface area contributed by atoms with Crippen molar-refractivity contribution in [3.05, 3.63) is 0 Å². The van der Waals surface area contributed by atoms with Crippen LogP contribution in [0.3, 0.4) is 0 Å². The molecule has 0 aromatic rings. The Labute approximate surface area is 90.6 Å². The zero-order chi connectivity index (χ0) is 11.9. The Kier molecular flexibility index (Phi) is 2.86. The first-order valence-corrected chi connectivity index (χ1v) is 5.30. The van der Waals surface area contributed by atoms with E-state index < -0.39 is 30.1 Å². The largest absolute Gasteiger partial charge is 0.481 e. The summed E-state index contributed by atoms with van der Waals surface area (Å²) < 4.78 is 43.0. The average molecular weight is 238 g/mol. The van der Waals surface area contributed by atoms with Gasteiger partial charge in [0.2, 0.25) is 0 Å². The van der Waals surface area contributed by atoms with Crippen molar-refractivity contribution in [1.29, 1.82) is 0 Å². The third-order valence-electron chi connectivity index (χ3n) is 3.61. The van der Waals surface area contributed by atoms with Crippen LogP contribution in [0, 0.1) is 17.8 Å². The maximum Gasteiger partial charge on any atom is 0.391 e. The van der Waals surface area contributed by atoms with Gasteiger partial charge in [0.1, 0.15) is 0 Å². The first-order chi connectivity index (χ1) is 7.39. The fourth-order valence-corrected chi connectivity index (χ4v) is 2.78. The van der Waals surface area contributed by atoms with E-state index in [9.17, 15) is 18.0 Å². The summed E-state index contributed by atoms with van der Waals surface area (Å²) >= 11 is 0. The van der Waals surface area contributed by atoms with Crippen molar-refractivity contribution in [2.45, 2.75) is 31.5 Å². The highest BCUT2D eigenvalue weighted by Crippen LogP contribution is 2.46. The summed E-state index contributed by atoms with van der Waals surface area (Å²) in [6.45, 7) is 0.379. The van der Waals surface area contributed by atoms with Crippen LogP contribution in [0.1, 0.15) is 19.3 Å². The van der Waals surface area contributed by atoms with Gasteiger partial charge in [0.05, 0.1) is 17.9 Å². The van der Waals surface area contributed by atoms with Crippen LogP contribution >= 0.6 is 0 Å². The molecule has 0 unspecified atom stereocenters. The van der Waals surface area contributed by atoms with Crippen molar-refractivity contribution in [2.24, 2.45) is 17.8 Å². The number of hydrogen-bond donors (Lipinski definition) is 1. The molecule has 0 spiro atoms. The van der Waals surface area contributed by atoms with Crippen LogP contribution in [0.4, 0.5) is 13.2 Å². The van der Waals surface area contributed by atoms with E-state index in [1.54, 1.807) is 0 Å².